The predicted octanol–water partition coefficient (Wildman–Crippen LogP) is 2.57. The minimum atomic E-state index is -0.430. The standard InChI is InChI=1S/C12H13NO2S/c1-3-7-5-4-6-8-9(7)10(15-2)11(16-8)12(13)14/h4-6H,3H2,1-2H3,(H2,13,14). The lowest BCUT2D eigenvalue weighted by Gasteiger charge is -2.03. The zero-order valence-electron chi connectivity index (χ0n) is 9.24. The zero-order valence-corrected chi connectivity index (χ0v) is 10.1. The van der Waals surface area contributed by atoms with Gasteiger partial charge in [-0.1, -0.05) is 19.1 Å². The summed E-state index contributed by atoms with van der Waals surface area (Å²) < 4.78 is 6.36. The number of thiophene rings is 1. The highest BCUT2D eigenvalue weighted by molar-refractivity contribution is 7.21. The van der Waals surface area contributed by atoms with Gasteiger partial charge in [0.15, 0.2) is 5.75 Å². The van der Waals surface area contributed by atoms with Crippen molar-refractivity contribution < 1.29 is 9.53 Å². The van der Waals surface area contributed by atoms with Gasteiger partial charge in [-0.3, -0.25) is 4.79 Å². The maximum Gasteiger partial charge on any atom is 0.262 e. The molecule has 2 N–H and O–H groups in total. The first kappa shape index (κ1) is 11.0. The fraction of sp³-hybridized carbons (Fsp3) is 0.250. The van der Waals surface area contributed by atoms with E-state index in [1.54, 1.807) is 7.11 Å². The molecule has 3 nitrogen and oxygen atoms in total. The number of hydrogen-bond donors (Lipinski definition) is 1. The molecule has 0 fully saturated rings. The molecule has 0 radical (unpaired) electrons. The van der Waals surface area contributed by atoms with Crippen LogP contribution in [-0.4, -0.2) is 13.0 Å². The second-order valence-corrected chi connectivity index (χ2v) is 4.52. The largest absolute Gasteiger partial charge is 0.494 e. The SMILES string of the molecule is CCc1cccc2sc(C(N)=O)c(OC)c12. The number of primary amides is 1. The third-order valence-electron chi connectivity index (χ3n) is 2.57. The van der Waals surface area contributed by atoms with Gasteiger partial charge in [0.2, 0.25) is 0 Å². The van der Waals surface area contributed by atoms with Crippen LogP contribution in [0.5, 0.6) is 5.75 Å². The summed E-state index contributed by atoms with van der Waals surface area (Å²) in [4.78, 5) is 11.8. The molecule has 0 bridgehead atoms. The Kier molecular flexibility index (Phi) is 2.83. The van der Waals surface area contributed by atoms with E-state index in [1.165, 1.54) is 16.9 Å². The Morgan fingerprint density at radius 1 is 1.50 bits per heavy atom. The second-order valence-electron chi connectivity index (χ2n) is 3.47. The highest BCUT2D eigenvalue weighted by Crippen LogP contribution is 2.39. The topological polar surface area (TPSA) is 52.3 Å². The predicted molar refractivity (Wildman–Crippen MR) is 66.3 cm³/mol. The van der Waals surface area contributed by atoms with Crippen molar-refractivity contribution in [3.63, 3.8) is 0 Å². The van der Waals surface area contributed by atoms with Gasteiger partial charge in [0.1, 0.15) is 4.88 Å². The molecule has 1 heterocycles. The van der Waals surface area contributed by atoms with Crippen molar-refractivity contribution in [3.05, 3.63) is 28.6 Å². The van der Waals surface area contributed by atoms with Gasteiger partial charge in [0, 0.05) is 10.1 Å². The van der Waals surface area contributed by atoms with Crippen LogP contribution in [0.3, 0.4) is 0 Å². The van der Waals surface area contributed by atoms with Gasteiger partial charge >= 0.3 is 0 Å². The number of nitrogens with two attached hydrogens (primary N) is 1. The molecule has 16 heavy (non-hydrogen) atoms. The van der Waals surface area contributed by atoms with Crippen LogP contribution >= 0.6 is 11.3 Å². The van der Waals surface area contributed by atoms with E-state index in [2.05, 4.69) is 6.92 Å². The Morgan fingerprint density at radius 3 is 2.81 bits per heavy atom. The molecule has 0 spiro atoms. The van der Waals surface area contributed by atoms with Crippen molar-refractivity contribution in [1.29, 1.82) is 0 Å². The Bertz CT molecular complexity index is 545. The van der Waals surface area contributed by atoms with Crippen LogP contribution in [0.4, 0.5) is 0 Å². The van der Waals surface area contributed by atoms with E-state index in [1.807, 2.05) is 18.2 Å². The van der Waals surface area contributed by atoms with Crippen molar-refractivity contribution >= 4 is 27.3 Å². The van der Waals surface area contributed by atoms with E-state index in [0.29, 0.717) is 10.6 Å². The molecule has 0 aliphatic heterocycles. The highest BCUT2D eigenvalue weighted by atomic mass is 32.1. The van der Waals surface area contributed by atoms with Gasteiger partial charge in [0.05, 0.1) is 7.11 Å². The minimum absolute atomic E-state index is 0.430. The van der Waals surface area contributed by atoms with Crippen molar-refractivity contribution in [1.82, 2.24) is 0 Å². The lowest BCUT2D eigenvalue weighted by Crippen LogP contribution is -2.09. The molecule has 0 aliphatic carbocycles. The average Bonchev–Trinajstić information content (AvgIpc) is 2.67. The van der Waals surface area contributed by atoms with E-state index in [-0.39, 0.29) is 0 Å². The number of rotatable bonds is 3. The third-order valence-corrected chi connectivity index (χ3v) is 3.72. The van der Waals surface area contributed by atoms with Gasteiger partial charge in [-0.2, -0.15) is 0 Å². The van der Waals surface area contributed by atoms with Crippen LogP contribution < -0.4 is 10.5 Å². The molecule has 84 valence electrons. The summed E-state index contributed by atoms with van der Waals surface area (Å²) in [5, 5.41) is 1.02. The molecular weight excluding hydrogens is 222 g/mol. The fourth-order valence-electron chi connectivity index (χ4n) is 1.84. The molecule has 1 aromatic heterocycles. The summed E-state index contributed by atoms with van der Waals surface area (Å²) in [6.45, 7) is 2.08. The normalized spacial score (nSPS) is 10.6. The monoisotopic (exact) mass is 235 g/mol. The van der Waals surface area contributed by atoms with Gasteiger partial charge in [0.25, 0.3) is 5.91 Å². The Balaban J connectivity index is 2.83. The van der Waals surface area contributed by atoms with Crippen LogP contribution in [-0.2, 0) is 6.42 Å². The summed E-state index contributed by atoms with van der Waals surface area (Å²) in [5.74, 6) is 0.185. The van der Waals surface area contributed by atoms with Crippen molar-refractivity contribution in [2.24, 2.45) is 5.73 Å². The Hall–Kier alpha value is -1.55. The number of carbonyl (C=O) groups is 1. The molecule has 1 aromatic carbocycles. The number of carbonyl (C=O) groups excluding carboxylic acids is 1. The van der Waals surface area contributed by atoms with Crippen LogP contribution in [0, 0.1) is 0 Å². The van der Waals surface area contributed by atoms with Crippen molar-refractivity contribution in [2.75, 3.05) is 7.11 Å². The first-order valence-corrected chi connectivity index (χ1v) is 5.88. The lowest BCUT2D eigenvalue weighted by molar-refractivity contribution is 0.100. The van der Waals surface area contributed by atoms with Gasteiger partial charge in [-0.25, -0.2) is 0 Å². The molecule has 0 aliphatic rings. The minimum Gasteiger partial charge on any atom is -0.494 e. The number of fused-ring (bicyclic) bond motifs is 1. The molecule has 0 saturated carbocycles. The van der Waals surface area contributed by atoms with E-state index in [9.17, 15) is 4.79 Å². The summed E-state index contributed by atoms with van der Waals surface area (Å²) in [6.07, 6.45) is 0.905. The van der Waals surface area contributed by atoms with Gasteiger partial charge in [-0.15, -0.1) is 11.3 Å². The number of aryl methyl sites for hydroxylation is 1. The summed E-state index contributed by atoms with van der Waals surface area (Å²) in [5.41, 5.74) is 6.52. The maximum absolute atomic E-state index is 11.3. The molecule has 0 saturated heterocycles. The summed E-state index contributed by atoms with van der Waals surface area (Å²) in [6, 6.07) is 6.01. The summed E-state index contributed by atoms with van der Waals surface area (Å²) >= 11 is 1.39. The van der Waals surface area contributed by atoms with Crippen LogP contribution in [0.2, 0.25) is 0 Å². The molecule has 2 rings (SSSR count). The zero-order chi connectivity index (χ0) is 11.7. The molecule has 4 heteroatoms. The van der Waals surface area contributed by atoms with Crippen LogP contribution in [0.15, 0.2) is 18.2 Å². The van der Waals surface area contributed by atoms with E-state index >= 15 is 0 Å². The Morgan fingerprint density at radius 2 is 2.25 bits per heavy atom. The second kappa shape index (κ2) is 4.14. The highest BCUT2D eigenvalue weighted by Gasteiger charge is 2.18. The molecule has 0 unspecified atom stereocenters. The van der Waals surface area contributed by atoms with Crippen molar-refractivity contribution in [2.45, 2.75) is 13.3 Å². The molecular formula is C12H13NO2S. The number of hydrogen-bond acceptors (Lipinski definition) is 3. The molecule has 1 amide bonds. The van der Waals surface area contributed by atoms with Crippen molar-refractivity contribution in [3.8, 4) is 5.75 Å². The number of methoxy groups -OCH3 is 1. The smallest absolute Gasteiger partial charge is 0.262 e. The van der Waals surface area contributed by atoms with Crippen LogP contribution in [0.25, 0.3) is 10.1 Å². The van der Waals surface area contributed by atoms with E-state index < -0.39 is 5.91 Å². The molecule has 2 aromatic rings. The van der Waals surface area contributed by atoms with E-state index in [0.717, 1.165) is 16.5 Å². The molecule has 0 atom stereocenters. The number of amides is 1. The van der Waals surface area contributed by atoms with E-state index in [4.69, 9.17) is 10.5 Å². The number of benzene rings is 1. The Labute approximate surface area is 97.8 Å². The first-order chi connectivity index (χ1) is 7.69. The number of ether oxygens (including phenoxy) is 1. The summed E-state index contributed by atoms with van der Waals surface area (Å²) in [7, 11) is 1.57. The third kappa shape index (κ3) is 1.55. The first-order valence-electron chi connectivity index (χ1n) is 5.07. The fourth-order valence-corrected chi connectivity index (χ4v) is 2.91. The maximum atomic E-state index is 11.3. The lowest BCUT2D eigenvalue weighted by atomic mass is 10.1. The van der Waals surface area contributed by atoms with Gasteiger partial charge in [-0.05, 0) is 18.1 Å². The van der Waals surface area contributed by atoms with Gasteiger partial charge < -0.3 is 10.5 Å². The average molecular weight is 235 g/mol. The van der Waals surface area contributed by atoms with Crippen LogP contribution in [0.1, 0.15) is 22.2 Å². The quantitative estimate of drug-likeness (QED) is 0.889.